The number of nitrogens with one attached hydrogen (secondary N) is 1. The molecule has 2 nitrogen and oxygen atoms in total. The standard InChI is InChI=1S/C18H29NO/c1-4-20-13-17-8-6-5-7-16(17)12-19-18-10-14(2)9-15(3)11-18/h5-8,14-15,18-19H,4,9-13H2,1-3H3. The Morgan fingerprint density at radius 2 is 1.70 bits per heavy atom. The smallest absolute Gasteiger partial charge is 0.0719 e. The van der Waals surface area contributed by atoms with Gasteiger partial charge in [-0.3, -0.25) is 0 Å². The first-order valence-corrected chi connectivity index (χ1v) is 8.07. The van der Waals surface area contributed by atoms with Crippen molar-refractivity contribution in [1.82, 2.24) is 5.32 Å². The average molecular weight is 275 g/mol. The van der Waals surface area contributed by atoms with Gasteiger partial charge in [0.15, 0.2) is 0 Å². The highest BCUT2D eigenvalue weighted by molar-refractivity contribution is 5.26. The second kappa shape index (κ2) is 7.80. The minimum atomic E-state index is 0.675. The number of benzene rings is 1. The SMILES string of the molecule is CCOCc1ccccc1CNC1CC(C)CC(C)C1. The van der Waals surface area contributed by atoms with Gasteiger partial charge in [-0.25, -0.2) is 0 Å². The molecule has 1 aromatic rings. The number of hydrogen-bond donors (Lipinski definition) is 1. The van der Waals surface area contributed by atoms with E-state index in [1.54, 1.807) is 0 Å². The Bertz CT molecular complexity index is 394. The zero-order chi connectivity index (χ0) is 14.4. The van der Waals surface area contributed by atoms with E-state index in [-0.39, 0.29) is 0 Å². The van der Waals surface area contributed by atoms with Crippen LogP contribution in [0.15, 0.2) is 24.3 Å². The summed E-state index contributed by atoms with van der Waals surface area (Å²) in [5.74, 6) is 1.71. The molecule has 2 rings (SSSR count). The predicted octanol–water partition coefficient (Wildman–Crippen LogP) is 4.14. The highest BCUT2D eigenvalue weighted by atomic mass is 16.5. The van der Waals surface area contributed by atoms with Crippen molar-refractivity contribution in [3.63, 3.8) is 0 Å². The number of ether oxygens (including phenoxy) is 1. The molecule has 1 N–H and O–H groups in total. The second-order valence-electron chi connectivity index (χ2n) is 6.40. The van der Waals surface area contributed by atoms with Crippen LogP contribution in [0, 0.1) is 11.8 Å². The van der Waals surface area contributed by atoms with Crippen LogP contribution in [0.25, 0.3) is 0 Å². The largest absolute Gasteiger partial charge is 0.377 e. The van der Waals surface area contributed by atoms with Crippen molar-refractivity contribution in [3.8, 4) is 0 Å². The van der Waals surface area contributed by atoms with E-state index in [2.05, 4.69) is 43.4 Å². The van der Waals surface area contributed by atoms with Crippen LogP contribution < -0.4 is 5.32 Å². The Labute approximate surface area is 123 Å². The molecule has 1 aliphatic rings. The van der Waals surface area contributed by atoms with E-state index in [4.69, 9.17) is 4.74 Å². The van der Waals surface area contributed by atoms with Crippen LogP contribution in [0.5, 0.6) is 0 Å². The van der Waals surface area contributed by atoms with Gasteiger partial charge < -0.3 is 10.1 Å². The Morgan fingerprint density at radius 3 is 2.35 bits per heavy atom. The molecular weight excluding hydrogens is 246 g/mol. The van der Waals surface area contributed by atoms with E-state index in [1.807, 2.05) is 6.92 Å². The van der Waals surface area contributed by atoms with Crippen molar-refractivity contribution in [2.45, 2.75) is 59.2 Å². The summed E-state index contributed by atoms with van der Waals surface area (Å²) in [7, 11) is 0. The zero-order valence-corrected chi connectivity index (χ0v) is 13.2. The quantitative estimate of drug-likeness (QED) is 0.842. The van der Waals surface area contributed by atoms with Crippen molar-refractivity contribution >= 4 is 0 Å². The summed E-state index contributed by atoms with van der Waals surface area (Å²) in [5, 5.41) is 3.76. The molecule has 0 aliphatic heterocycles. The molecule has 0 heterocycles. The molecule has 1 fully saturated rings. The van der Waals surface area contributed by atoms with Crippen molar-refractivity contribution in [2.24, 2.45) is 11.8 Å². The van der Waals surface area contributed by atoms with Gasteiger partial charge >= 0.3 is 0 Å². The minimum Gasteiger partial charge on any atom is -0.377 e. The van der Waals surface area contributed by atoms with Crippen LogP contribution in [0.1, 0.15) is 51.2 Å². The molecule has 2 unspecified atom stereocenters. The fourth-order valence-electron chi connectivity index (χ4n) is 3.45. The van der Waals surface area contributed by atoms with Gasteiger partial charge in [0.05, 0.1) is 6.61 Å². The molecule has 0 bridgehead atoms. The number of hydrogen-bond acceptors (Lipinski definition) is 2. The fraction of sp³-hybridized carbons (Fsp3) is 0.667. The molecule has 0 radical (unpaired) electrons. The van der Waals surface area contributed by atoms with E-state index in [0.717, 1.165) is 31.6 Å². The lowest BCUT2D eigenvalue weighted by molar-refractivity contribution is 0.133. The molecule has 112 valence electrons. The maximum absolute atomic E-state index is 5.56. The van der Waals surface area contributed by atoms with Gasteiger partial charge in [0, 0.05) is 19.2 Å². The van der Waals surface area contributed by atoms with Crippen molar-refractivity contribution in [1.29, 1.82) is 0 Å². The van der Waals surface area contributed by atoms with Gasteiger partial charge in [0.2, 0.25) is 0 Å². The average Bonchev–Trinajstić information content (AvgIpc) is 2.43. The van der Waals surface area contributed by atoms with Gasteiger partial charge in [0.25, 0.3) is 0 Å². The van der Waals surface area contributed by atoms with Crippen LogP contribution in [0.2, 0.25) is 0 Å². The van der Waals surface area contributed by atoms with Gasteiger partial charge in [-0.05, 0) is 49.1 Å². The fourth-order valence-corrected chi connectivity index (χ4v) is 3.45. The third kappa shape index (κ3) is 4.60. The Kier molecular flexibility index (Phi) is 6.06. The van der Waals surface area contributed by atoms with Gasteiger partial charge in [0.1, 0.15) is 0 Å². The van der Waals surface area contributed by atoms with Gasteiger partial charge in [-0.15, -0.1) is 0 Å². The molecule has 0 amide bonds. The van der Waals surface area contributed by atoms with Crippen LogP contribution in [-0.2, 0) is 17.9 Å². The maximum Gasteiger partial charge on any atom is 0.0719 e. The molecule has 0 saturated heterocycles. The third-order valence-corrected chi connectivity index (χ3v) is 4.34. The first kappa shape index (κ1) is 15.5. The second-order valence-corrected chi connectivity index (χ2v) is 6.40. The lowest BCUT2D eigenvalue weighted by Crippen LogP contribution is -2.36. The normalized spacial score (nSPS) is 26.6. The van der Waals surface area contributed by atoms with Gasteiger partial charge in [-0.1, -0.05) is 38.1 Å². The van der Waals surface area contributed by atoms with Crippen LogP contribution in [-0.4, -0.2) is 12.6 Å². The maximum atomic E-state index is 5.56. The summed E-state index contributed by atoms with van der Waals surface area (Å²) in [5.41, 5.74) is 2.70. The summed E-state index contributed by atoms with van der Waals surface area (Å²) >= 11 is 0. The Balaban J connectivity index is 1.90. The summed E-state index contributed by atoms with van der Waals surface area (Å²) < 4.78 is 5.56. The van der Waals surface area contributed by atoms with E-state index >= 15 is 0 Å². The summed E-state index contributed by atoms with van der Waals surface area (Å²) in [6.45, 7) is 9.28. The Hall–Kier alpha value is -0.860. The van der Waals surface area contributed by atoms with E-state index in [1.165, 1.54) is 30.4 Å². The van der Waals surface area contributed by atoms with Crippen LogP contribution >= 0.6 is 0 Å². The monoisotopic (exact) mass is 275 g/mol. The van der Waals surface area contributed by atoms with Crippen molar-refractivity contribution < 1.29 is 4.74 Å². The van der Waals surface area contributed by atoms with E-state index in [9.17, 15) is 0 Å². The first-order chi connectivity index (χ1) is 9.69. The molecule has 0 aromatic heterocycles. The molecule has 2 heteroatoms. The summed E-state index contributed by atoms with van der Waals surface area (Å²) in [6.07, 6.45) is 4.02. The highest BCUT2D eigenvalue weighted by Gasteiger charge is 2.23. The summed E-state index contributed by atoms with van der Waals surface area (Å²) in [6, 6.07) is 9.30. The molecule has 20 heavy (non-hydrogen) atoms. The highest BCUT2D eigenvalue weighted by Crippen LogP contribution is 2.28. The minimum absolute atomic E-state index is 0.675. The van der Waals surface area contributed by atoms with Gasteiger partial charge in [-0.2, -0.15) is 0 Å². The molecule has 1 aliphatic carbocycles. The topological polar surface area (TPSA) is 21.3 Å². The summed E-state index contributed by atoms with van der Waals surface area (Å²) in [4.78, 5) is 0. The molecule has 0 spiro atoms. The Morgan fingerprint density at radius 1 is 1.05 bits per heavy atom. The molecule has 1 aromatic carbocycles. The van der Waals surface area contributed by atoms with Crippen LogP contribution in [0.4, 0.5) is 0 Å². The molecule has 2 atom stereocenters. The zero-order valence-electron chi connectivity index (χ0n) is 13.2. The lowest BCUT2D eigenvalue weighted by Gasteiger charge is -2.32. The van der Waals surface area contributed by atoms with Crippen molar-refractivity contribution in [2.75, 3.05) is 6.61 Å². The lowest BCUT2D eigenvalue weighted by atomic mass is 9.80. The van der Waals surface area contributed by atoms with Crippen LogP contribution in [0.3, 0.4) is 0 Å². The number of rotatable bonds is 6. The third-order valence-electron chi connectivity index (χ3n) is 4.34. The predicted molar refractivity (Wildman–Crippen MR) is 84.6 cm³/mol. The first-order valence-electron chi connectivity index (χ1n) is 8.07. The van der Waals surface area contributed by atoms with E-state index < -0.39 is 0 Å². The molecular formula is C18H29NO. The van der Waals surface area contributed by atoms with Crippen molar-refractivity contribution in [3.05, 3.63) is 35.4 Å². The molecule has 1 saturated carbocycles. The van der Waals surface area contributed by atoms with E-state index in [0.29, 0.717) is 6.04 Å².